The molecule has 0 radical (unpaired) electrons. The van der Waals surface area contributed by atoms with Crippen LogP contribution in [0, 0.1) is 13.8 Å². The second-order valence-electron chi connectivity index (χ2n) is 4.39. The molecule has 5 heteroatoms. The summed E-state index contributed by atoms with van der Waals surface area (Å²) in [6, 6.07) is 2.18. The highest BCUT2D eigenvalue weighted by Crippen LogP contribution is 2.36. The van der Waals surface area contributed by atoms with Crippen LogP contribution in [0.4, 0.5) is 5.82 Å². The van der Waals surface area contributed by atoms with Crippen LogP contribution in [-0.4, -0.2) is 17.0 Å². The average molecular weight is 277 g/mol. The molecule has 0 fully saturated rings. The summed E-state index contributed by atoms with van der Waals surface area (Å²) in [5.41, 5.74) is 3.64. The lowest BCUT2D eigenvalue weighted by atomic mass is 10.2. The Hall–Kier alpha value is -1.07. The zero-order valence-electron chi connectivity index (χ0n) is 10.7. The number of aryl methyl sites for hydroxylation is 2. The minimum absolute atomic E-state index is 0.863. The fourth-order valence-corrected chi connectivity index (χ4v) is 4.19. The Morgan fingerprint density at radius 1 is 1.22 bits per heavy atom. The van der Waals surface area contributed by atoms with E-state index in [1.54, 1.807) is 11.3 Å². The van der Waals surface area contributed by atoms with Crippen molar-refractivity contribution < 1.29 is 0 Å². The van der Waals surface area contributed by atoms with E-state index in [1.807, 2.05) is 18.8 Å². The van der Waals surface area contributed by atoms with E-state index < -0.39 is 0 Å². The van der Waals surface area contributed by atoms with E-state index in [0.717, 1.165) is 23.1 Å². The Bertz CT molecular complexity index is 605. The van der Waals surface area contributed by atoms with Gasteiger partial charge >= 0.3 is 0 Å². The molecule has 3 heterocycles. The Kier molecular flexibility index (Phi) is 3.03. The number of anilines is 1. The predicted molar refractivity (Wildman–Crippen MR) is 79.4 cm³/mol. The fourth-order valence-electron chi connectivity index (χ4n) is 2.23. The first-order valence-corrected chi connectivity index (χ1v) is 7.89. The number of hydrogen-bond donors (Lipinski definition) is 1. The molecule has 0 unspecified atom stereocenters. The second kappa shape index (κ2) is 4.55. The molecule has 3 nitrogen and oxygen atoms in total. The third-order valence-corrected chi connectivity index (χ3v) is 5.03. The van der Waals surface area contributed by atoms with Crippen LogP contribution in [0.2, 0.25) is 0 Å². The van der Waals surface area contributed by atoms with Gasteiger partial charge in [0, 0.05) is 39.4 Å². The Morgan fingerprint density at radius 2 is 2.06 bits per heavy atom. The molecule has 0 aromatic carbocycles. The number of nitrogens with zero attached hydrogens (tertiary/aromatic N) is 2. The van der Waals surface area contributed by atoms with Crippen LogP contribution in [-0.2, 0) is 11.5 Å². The van der Waals surface area contributed by atoms with Gasteiger partial charge in [-0.3, -0.25) is 0 Å². The topological polar surface area (TPSA) is 37.8 Å². The highest BCUT2D eigenvalue weighted by atomic mass is 32.2. The molecule has 0 spiro atoms. The van der Waals surface area contributed by atoms with Crippen LogP contribution in [0.3, 0.4) is 0 Å². The highest BCUT2D eigenvalue weighted by molar-refractivity contribution is 7.98. The normalized spacial score (nSPS) is 13.7. The third-order valence-electron chi connectivity index (χ3n) is 3.10. The van der Waals surface area contributed by atoms with E-state index in [9.17, 15) is 0 Å². The maximum absolute atomic E-state index is 4.74. The van der Waals surface area contributed by atoms with Crippen molar-refractivity contribution in [3.63, 3.8) is 0 Å². The molecule has 94 valence electrons. The van der Waals surface area contributed by atoms with Crippen molar-refractivity contribution in [2.24, 2.45) is 0 Å². The Labute approximate surface area is 115 Å². The van der Waals surface area contributed by atoms with E-state index in [2.05, 4.69) is 30.2 Å². The van der Waals surface area contributed by atoms with Gasteiger partial charge in [0.1, 0.15) is 5.82 Å². The van der Waals surface area contributed by atoms with Crippen LogP contribution >= 0.6 is 23.1 Å². The molecule has 1 aliphatic heterocycles. The summed E-state index contributed by atoms with van der Waals surface area (Å²) < 4.78 is 0. The lowest BCUT2D eigenvalue weighted by Crippen LogP contribution is -2.03. The quantitative estimate of drug-likeness (QED) is 0.910. The molecule has 18 heavy (non-hydrogen) atoms. The monoisotopic (exact) mass is 277 g/mol. The lowest BCUT2D eigenvalue weighted by Gasteiger charge is -2.08. The zero-order chi connectivity index (χ0) is 12.7. The first-order chi connectivity index (χ1) is 8.69. The molecular formula is C13H15N3S2. The van der Waals surface area contributed by atoms with Crippen LogP contribution < -0.4 is 5.32 Å². The molecular weight excluding hydrogens is 262 g/mol. The number of nitrogens with one attached hydrogen (secondary N) is 1. The second-order valence-corrected chi connectivity index (χ2v) is 6.84. The van der Waals surface area contributed by atoms with Crippen LogP contribution in [0.5, 0.6) is 0 Å². The minimum atomic E-state index is 0.863. The van der Waals surface area contributed by atoms with E-state index in [4.69, 9.17) is 4.98 Å². The number of thioether (sulfide) groups is 1. The lowest BCUT2D eigenvalue weighted by molar-refractivity contribution is 1.07. The maximum Gasteiger partial charge on any atom is 0.162 e. The summed E-state index contributed by atoms with van der Waals surface area (Å²) in [6.45, 7) is 4.26. The van der Waals surface area contributed by atoms with Gasteiger partial charge in [0.15, 0.2) is 5.82 Å². The van der Waals surface area contributed by atoms with Crippen molar-refractivity contribution >= 4 is 28.9 Å². The van der Waals surface area contributed by atoms with Crippen LogP contribution in [0.25, 0.3) is 11.4 Å². The molecule has 0 amide bonds. The first kappa shape index (κ1) is 12.0. The van der Waals surface area contributed by atoms with Crippen molar-refractivity contribution in [2.75, 3.05) is 12.4 Å². The van der Waals surface area contributed by atoms with Gasteiger partial charge in [-0.1, -0.05) is 0 Å². The van der Waals surface area contributed by atoms with Gasteiger partial charge in [-0.15, -0.1) is 11.3 Å². The molecule has 0 atom stereocenters. The van der Waals surface area contributed by atoms with Gasteiger partial charge in [-0.2, -0.15) is 11.8 Å². The molecule has 2 aromatic heterocycles. The first-order valence-electron chi connectivity index (χ1n) is 5.91. The smallest absolute Gasteiger partial charge is 0.162 e. The molecule has 0 saturated carbocycles. The maximum atomic E-state index is 4.74. The van der Waals surface area contributed by atoms with Gasteiger partial charge in [0.2, 0.25) is 0 Å². The summed E-state index contributed by atoms with van der Waals surface area (Å²) >= 11 is 3.71. The largest absolute Gasteiger partial charge is 0.373 e. The summed E-state index contributed by atoms with van der Waals surface area (Å²) in [6.07, 6.45) is 0. The summed E-state index contributed by atoms with van der Waals surface area (Å²) in [5.74, 6) is 3.88. The van der Waals surface area contributed by atoms with Gasteiger partial charge in [0.05, 0.1) is 5.69 Å². The van der Waals surface area contributed by atoms with Gasteiger partial charge in [-0.05, 0) is 19.9 Å². The van der Waals surface area contributed by atoms with Gasteiger partial charge in [0.25, 0.3) is 0 Å². The van der Waals surface area contributed by atoms with E-state index in [-0.39, 0.29) is 0 Å². The standard InChI is InChI=1S/C13H15N3S2/c1-7-4-9(8(2)18-7)13-15-11-6-17-5-10(11)12(14-3)16-13/h4H,5-6H2,1-3H3,(H,14,15,16). The van der Waals surface area contributed by atoms with Crippen molar-refractivity contribution in [2.45, 2.75) is 25.4 Å². The number of thiophene rings is 1. The van der Waals surface area contributed by atoms with Crippen molar-refractivity contribution in [3.8, 4) is 11.4 Å². The molecule has 1 aliphatic rings. The number of aromatic nitrogens is 2. The summed E-state index contributed by atoms with van der Waals surface area (Å²) in [4.78, 5) is 12.0. The van der Waals surface area contributed by atoms with Crippen LogP contribution in [0.15, 0.2) is 6.07 Å². The van der Waals surface area contributed by atoms with Gasteiger partial charge < -0.3 is 5.32 Å². The van der Waals surface area contributed by atoms with Crippen molar-refractivity contribution in [1.29, 1.82) is 0 Å². The SMILES string of the molecule is CNc1nc(-c2cc(C)sc2C)nc2c1CSC2. The van der Waals surface area contributed by atoms with Crippen molar-refractivity contribution in [3.05, 3.63) is 27.1 Å². The zero-order valence-corrected chi connectivity index (χ0v) is 12.3. The number of hydrogen-bond acceptors (Lipinski definition) is 5. The average Bonchev–Trinajstić information content (AvgIpc) is 2.93. The van der Waals surface area contributed by atoms with E-state index in [0.29, 0.717) is 0 Å². The number of fused-ring (bicyclic) bond motifs is 1. The highest BCUT2D eigenvalue weighted by Gasteiger charge is 2.20. The summed E-state index contributed by atoms with van der Waals surface area (Å²) in [5, 5.41) is 3.20. The Balaban J connectivity index is 2.16. The van der Waals surface area contributed by atoms with E-state index >= 15 is 0 Å². The molecule has 3 rings (SSSR count). The van der Waals surface area contributed by atoms with Crippen LogP contribution in [0.1, 0.15) is 21.0 Å². The van der Waals surface area contributed by atoms with E-state index in [1.165, 1.54) is 26.6 Å². The molecule has 0 aliphatic carbocycles. The molecule has 2 aromatic rings. The summed E-state index contributed by atoms with van der Waals surface area (Å²) in [7, 11) is 1.93. The Morgan fingerprint density at radius 3 is 2.72 bits per heavy atom. The predicted octanol–water partition coefficient (Wildman–Crippen LogP) is 3.61. The number of rotatable bonds is 2. The molecule has 0 bridgehead atoms. The minimum Gasteiger partial charge on any atom is -0.373 e. The fraction of sp³-hybridized carbons (Fsp3) is 0.385. The molecule has 1 N–H and O–H groups in total. The molecule has 0 saturated heterocycles. The van der Waals surface area contributed by atoms with Gasteiger partial charge in [-0.25, -0.2) is 9.97 Å². The third kappa shape index (κ3) is 1.91. The van der Waals surface area contributed by atoms with Crippen molar-refractivity contribution in [1.82, 2.24) is 9.97 Å².